The maximum atomic E-state index is 14.6. The molecule has 1 amide bonds. The summed E-state index contributed by atoms with van der Waals surface area (Å²) in [5, 5.41) is 3.45. The number of nitrogens with zero attached hydrogens (tertiary/aromatic N) is 2. The van der Waals surface area contributed by atoms with Crippen molar-refractivity contribution < 1.29 is 13.9 Å². The number of piperidine rings is 1. The van der Waals surface area contributed by atoms with Crippen molar-refractivity contribution in [2.45, 2.75) is 46.5 Å². The van der Waals surface area contributed by atoms with Crippen LogP contribution in [0, 0.1) is 40.8 Å². The van der Waals surface area contributed by atoms with Crippen LogP contribution in [0.3, 0.4) is 0 Å². The average molecular weight is 458 g/mol. The number of carbonyl (C=O) groups excluding carboxylic acids is 1. The maximum absolute atomic E-state index is 14.6. The molecule has 5 rings (SSSR count). The van der Waals surface area contributed by atoms with Gasteiger partial charge in [0.2, 0.25) is 5.91 Å². The number of benzene rings is 1. The molecule has 2 atom stereocenters. The van der Waals surface area contributed by atoms with E-state index in [1.54, 1.807) is 6.07 Å². The summed E-state index contributed by atoms with van der Waals surface area (Å²) in [5.74, 6) is 3.06. The van der Waals surface area contributed by atoms with Gasteiger partial charge in [0.15, 0.2) is 0 Å². The zero-order chi connectivity index (χ0) is 23.2. The Bertz CT molecular complexity index is 843. The Labute approximate surface area is 198 Å². The molecule has 4 fully saturated rings. The summed E-state index contributed by atoms with van der Waals surface area (Å²) >= 11 is 0. The van der Waals surface area contributed by atoms with E-state index in [0.717, 1.165) is 57.2 Å². The molecular weight excluding hydrogens is 417 g/mol. The van der Waals surface area contributed by atoms with Crippen molar-refractivity contribution in [3.05, 3.63) is 24.0 Å². The van der Waals surface area contributed by atoms with Crippen molar-refractivity contribution >= 4 is 17.3 Å². The van der Waals surface area contributed by atoms with Crippen LogP contribution in [0.4, 0.5) is 15.8 Å². The minimum Gasteiger partial charge on any atom is -0.385 e. The second-order valence-electron chi connectivity index (χ2n) is 11.8. The summed E-state index contributed by atoms with van der Waals surface area (Å²) in [7, 11) is 0. The summed E-state index contributed by atoms with van der Waals surface area (Å²) in [6.07, 6.45) is 4.50. The number of anilines is 2. The molecule has 0 aromatic heterocycles. The van der Waals surface area contributed by atoms with E-state index >= 15 is 0 Å². The SMILES string of the molecule is CC(C)(C)C1CCC(C(=O)N2CC3C(CNc4ccc(N5CCOCC5)c(F)c4)C3C2)CC1. The molecule has 2 heterocycles. The van der Waals surface area contributed by atoms with Gasteiger partial charge in [0.25, 0.3) is 0 Å². The lowest BCUT2D eigenvalue weighted by Gasteiger charge is -2.37. The van der Waals surface area contributed by atoms with Gasteiger partial charge in [-0.1, -0.05) is 20.8 Å². The fourth-order valence-electron chi connectivity index (χ4n) is 6.51. The number of carbonyl (C=O) groups is 1. The van der Waals surface area contributed by atoms with Gasteiger partial charge in [-0.3, -0.25) is 4.79 Å². The van der Waals surface area contributed by atoms with E-state index in [2.05, 4.69) is 35.9 Å². The fraction of sp³-hybridized carbons (Fsp3) is 0.741. The van der Waals surface area contributed by atoms with Crippen LogP contribution >= 0.6 is 0 Å². The van der Waals surface area contributed by atoms with Crippen LogP contribution in [-0.2, 0) is 9.53 Å². The first-order chi connectivity index (χ1) is 15.8. The number of hydrogen-bond acceptors (Lipinski definition) is 4. The Morgan fingerprint density at radius 1 is 1.09 bits per heavy atom. The highest BCUT2D eigenvalue weighted by Crippen LogP contribution is 2.52. The Morgan fingerprint density at radius 2 is 1.76 bits per heavy atom. The molecule has 6 heteroatoms. The Hall–Kier alpha value is -1.82. The zero-order valence-corrected chi connectivity index (χ0v) is 20.5. The van der Waals surface area contributed by atoms with Crippen molar-refractivity contribution in [1.29, 1.82) is 0 Å². The molecule has 0 bridgehead atoms. The van der Waals surface area contributed by atoms with Crippen LogP contribution < -0.4 is 10.2 Å². The minimum absolute atomic E-state index is 0.171. The smallest absolute Gasteiger partial charge is 0.225 e. The lowest BCUT2D eigenvalue weighted by Crippen LogP contribution is -2.39. The summed E-state index contributed by atoms with van der Waals surface area (Å²) in [5.41, 5.74) is 1.87. The molecule has 0 spiro atoms. The van der Waals surface area contributed by atoms with Crippen LogP contribution in [-0.4, -0.2) is 56.7 Å². The van der Waals surface area contributed by atoms with E-state index in [9.17, 15) is 9.18 Å². The fourth-order valence-corrected chi connectivity index (χ4v) is 6.51. The molecule has 2 aliphatic carbocycles. The lowest BCUT2D eigenvalue weighted by atomic mass is 9.69. The third-order valence-corrected chi connectivity index (χ3v) is 8.83. The molecule has 2 saturated carbocycles. The molecule has 5 nitrogen and oxygen atoms in total. The van der Waals surface area contributed by atoms with Gasteiger partial charge in [-0.25, -0.2) is 4.39 Å². The average Bonchev–Trinajstić information content (AvgIpc) is 3.25. The number of fused-ring (bicyclic) bond motifs is 1. The predicted molar refractivity (Wildman–Crippen MR) is 130 cm³/mol. The quantitative estimate of drug-likeness (QED) is 0.700. The van der Waals surface area contributed by atoms with Crippen molar-refractivity contribution in [3.8, 4) is 0 Å². The minimum atomic E-state index is -0.171. The molecule has 4 aliphatic rings. The number of rotatable bonds is 5. The van der Waals surface area contributed by atoms with Crippen LogP contribution in [0.5, 0.6) is 0 Å². The van der Waals surface area contributed by atoms with Crippen LogP contribution in [0.1, 0.15) is 46.5 Å². The van der Waals surface area contributed by atoms with Crippen molar-refractivity contribution in [3.63, 3.8) is 0 Å². The van der Waals surface area contributed by atoms with E-state index in [0.29, 0.717) is 48.0 Å². The third-order valence-electron chi connectivity index (χ3n) is 8.83. The van der Waals surface area contributed by atoms with Gasteiger partial charge in [-0.05, 0) is 73.0 Å². The van der Waals surface area contributed by atoms with Crippen molar-refractivity contribution in [2.75, 3.05) is 56.2 Å². The summed E-state index contributed by atoms with van der Waals surface area (Å²) in [6.45, 7) is 12.5. The maximum Gasteiger partial charge on any atom is 0.225 e. The number of amides is 1. The molecule has 0 radical (unpaired) electrons. The first-order valence-electron chi connectivity index (χ1n) is 13.0. The highest BCUT2D eigenvalue weighted by Gasteiger charge is 2.56. The molecule has 1 aromatic rings. The van der Waals surface area contributed by atoms with Gasteiger partial charge in [-0.15, -0.1) is 0 Å². The Morgan fingerprint density at radius 3 is 2.36 bits per heavy atom. The van der Waals surface area contributed by atoms with Crippen LogP contribution in [0.25, 0.3) is 0 Å². The first kappa shape index (κ1) is 22.9. The molecule has 2 unspecified atom stereocenters. The van der Waals surface area contributed by atoms with E-state index in [1.807, 2.05) is 12.1 Å². The van der Waals surface area contributed by atoms with E-state index < -0.39 is 0 Å². The van der Waals surface area contributed by atoms with Crippen molar-refractivity contribution in [1.82, 2.24) is 4.90 Å². The molecular formula is C27H40FN3O2. The van der Waals surface area contributed by atoms with Gasteiger partial charge in [0, 0.05) is 44.3 Å². The summed E-state index contributed by atoms with van der Waals surface area (Å²) in [6, 6.07) is 5.48. The van der Waals surface area contributed by atoms with Crippen LogP contribution in [0.15, 0.2) is 18.2 Å². The second-order valence-corrected chi connectivity index (χ2v) is 11.8. The monoisotopic (exact) mass is 457 g/mol. The lowest BCUT2D eigenvalue weighted by molar-refractivity contribution is -0.136. The van der Waals surface area contributed by atoms with Gasteiger partial charge in [0.05, 0.1) is 18.9 Å². The standard InChI is InChI=1S/C27H40FN3O2/c1-27(2,3)19-6-4-18(5-7-19)26(32)31-16-22-21(23(22)17-31)15-29-20-8-9-25(24(28)14-20)30-10-12-33-13-11-30/h8-9,14,18-19,21-23,29H,4-7,10-13,15-17H2,1-3H3. The predicted octanol–water partition coefficient (Wildman–Crippen LogP) is 4.63. The normalized spacial score (nSPS) is 31.9. The van der Waals surface area contributed by atoms with Gasteiger partial charge in [-0.2, -0.15) is 0 Å². The zero-order valence-electron chi connectivity index (χ0n) is 20.5. The highest BCUT2D eigenvalue weighted by molar-refractivity contribution is 5.79. The van der Waals surface area contributed by atoms with E-state index in [4.69, 9.17) is 4.74 Å². The largest absolute Gasteiger partial charge is 0.385 e. The number of halogens is 1. The first-order valence-corrected chi connectivity index (χ1v) is 13.0. The summed E-state index contributed by atoms with van der Waals surface area (Å²) in [4.78, 5) is 17.3. The summed E-state index contributed by atoms with van der Waals surface area (Å²) < 4.78 is 20.0. The van der Waals surface area contributed by atoms with Crippen LogP contribution in [0.2, 0.25) is 0 Å². The van der Waals surface area contributed by atoms with E-state index in [1.165, 1.54) is 12.8 Å². The number of likely N-dealkylation sites (tertiary alicyclic amines) is 1. The van der Waals surface area contributed by atoms with Gasteiger partial charge >= 0.3 is 0 Å². The number of morpholine rings is 1. The van der Waals surface area contributed by atoms with Crippen molar-refractivity contribution in [2.24, 2.45) is 35.0 Å². The number of ether oxygens (including phenoxy) is 1. The second kappa shape index (κ2) is 9.09. The molecule has 1 aromatic carbocycles. The molecule has 2 saturated heterocycles. The Balaban J connectivity index is 1.06. The molecule has 182 valence electrons. The van der Waals surface area contributed by atoms with Gasteiger partial charge in [0.1, 0.15) is 5.82 Å². The Kier molecular flexibility index (Phi) is 6.32. The molecule has 33 heavy (non-hydrogen) atoms. The van der Waals surface area contributed by atoms with Gasteiger partial charge < -0.3 is 19.9 Å². The highest BCUT2D eigenvalue weighted by atomic mass is 19.1. The third kappa shape index (κ3) is 4.87. The number of hydrogen-bond donors (Lipinski definition) is 1. The topological polar surface area (TPSA) is 44.8 Å². The number of nitrogens with one attached hydrogen (secondary N) is 1. The van der Waals surface area contributed by atoms with E-state index in [-0.39, 0.29) is 11.7 Å². The molecule has 2 aliphatic heterocycles. The molecule has 1 N–H and O–H groups in total.